The van der Waals surface area contributed by atoms with Crippen molar-refractivity contribution in [3.8, 4) is 0 Å². The van der Waals surface area contributed by atoms with Gasteiger partial charge in [0, 0.05) is 13.1 Å². The number of nitrogens with zero attached hydrogens (tertiary/aromatic N) is 3. The van der Waals surface area contributed by atoms with Crippen LogP contribution in [0.1, 0.15) is 30.4 Å². The molecule has 0 radical (unpaired) electrons. The highest BCUT2D eigenvalue weighted by molar-refractivity contribution is 5.90. The maximum absolute atomic E-state index is 12.1. The molecule has 1 aromatic rings. The number of hydrogen-bond donors (Lipinski definition) is 2. The normalized spacial score (nSPS) is 17.0. The van der Waals surface area contributed by atoms with Crippen LogP contribution in [0.15, 0.2) is 6.33 Å². The molecular formula is C11H19N5O. The molecule has 0 spiro atoms. The van der Waals surface area contributed by atoms with Gasteiger partial charge in [-0.25, -0.2) is 4.98 Å². The van der Waals surface area contributed by atoms with E-state index in [1.54, 1.807) is 0 Å². The van der Waals surface area contributed by atoms with Crippen LogP contribution in [0.3, 0.4) is 0 Å². The van der Waals surface area contributed by atoms with Crippen molar-refractivity contribution < 1.29 is 4.79 Å². The summed E-state index contributed by atoms with van der Waals surface area (Å²) >= 11 is 0. The Labute approximate surface area is 101 Å². The maximum atomic E-state index is 12.1. The van der Waals surface area contributed by atoms with Crippen molar-refractivity contribution in [3.63, 3.8) is 0 Å². The molecule has 1 saturated heterocycles. The molecule has 1 aliphatic heterocycles. The van der Waals surface area contributed by atoms with Gasteiger partial charge < -0.3 is 10.2 Å². The van der Waals surface area contributed by atoms with Crippen molar-refractivity contribution in [2.45, 2.75) is 19.8 Å². The lowest BCUT2D eigenvalue weighted by Crippen LogP contribution is -2.39. The Morgan fingerprint density at radius 1 is 1.53 bits per heavy atom. The fourth-order valence-corrected chi connectivity index (χ4v) is 2.19. The molecule has 0 saturated carbocycles. The second kappa shape index (κ2) is 5.77. The third-order valence-corrected chi connectivity index (χ3v) is 3.22. The van der Waals surface area contributed by atoms with Crippen molar-refractivity contribution in [1.82, 2.24) is 25.4 Å². The minimum absolute atomic E-state index is 0.0523. The van der Waals surface area contributed by atoms with Crippen LogP contribution in [0.4, 0.5) is 0 Å². The first-order valence-electron chi connectivity index (χ1n) is 6.16. The molecule has 94 valence electrons. The first-order valence-corrected chi connectivity index (χ1v) is 6.16. The quantitative estimate of drug-likeness (QED) is 0.788. The Hall–Kier alpha value is -1.43. The molecule has 2 rings (SSSR count). The fraction of sp³-hybridized carbons (Fsp3) is 0.727. The zero-order valence-electron chi connectivity index (χ0n) is 10.1. The van der Waals surface area contributed by atoms with Crippen molar-refractivity contribution in [2.75, 3.05) is 26.2 Å². The van der Waals surface area contributed by atoms with Crippen molar-refractivity contribution in [3.05, 3.63) is 12.2 Å². The van der Waals surface area contributed by atoms with Crippen molar-refractivity contribution in [1.29, 1.82) is 0 Å². The zero-order valence-corrected chi connectivity index (χ0v) is 10.1. The summed E-state index contributed by atoms with van der Waals surface area (Å²) < 4.78 is 0. The molecule has 1 fully saturated rings. The van der Waals surface area contributed by atoms with Gasteiger partial charge in [0.2, 0.25) is 5.82 Å². The molecule has 2 N–H and O–H groups in total. The second-order valence-electron chi connectivity index (χ2n) is 4.37. The average Bonchev–Trinajstić information content (AvgIpc) is 2.90. The molecular weight excluding hydrogens is 218 g/mol. The molecule has 6 nitrogen and oxygen atoms in total. The summed E-state index contributed by atoms with van der Waals surface area (Å²) in [6.45, 7) is 5.63. The van der Waals surface area contributed by atoms with Gasteiger partial charge in [-0.3, -0.25) is 9.89 Å². The van der Waals surface area contributed by atoms with Crippen LogP contribution in [0.2, 0.25) is 0 Å². The topological polar surface area (TPSA) is 73.9 Å². The number of aromatic nitrogens is 3. The van der Waals surface area contributed by atoms with E-state index in [2.05, 4.69) is 20.5 Å². The Balaban J connectivity index is 1.93. The minimum Gasteiger partial charge on any atom is -0.336 e. The maximum Gasteiger partial charge on any atom is 0.291 e. The fourth-order valence-electron chi connectivity index (χ4n) is 2.19. The summed E-state index contributed by atoms with van der Waals surface area (Å²) in [5.74, 6) is 0.882. The number of piperidine rings is 1. The molecule has 0 aliphatic carbocycles. The number of carbonyl (C=O) groups excluding carboxylic acids is 1. The summed E-state index contributed by atoms with van der Waals surface area (Å²) in [4.78, 5) is 17.8. The van der Waals surface area contributed by atoms with E-state index in [-0.39, 0.29) is 5.91 Å². The molecule has 2 heterocycles. The van der Waals surface area contributed by atoms with E-state index in [9.17, 15) is 4.79 Å². The van der Waals surface area contributed by atoms with Gasteiger partial charge >= 0.3 is 0 Å². The van der Waals surface area contributed by atoms with Gasteiger partial charge in [-0.1, -0.05) is 0 Å². The molecule has 1 aliphatic rings. The van der Waals surface area contributed by atoms with E-state index in [0.29, 0.717) is 18.3 Å². The van der Waals surface area contributed by atoms with E-state index in [4.69, 9.17) is 0 Å². The molecule has 1 amide bonds. The highest BCUT2D eigenvalue weighted by Crippen LogP contribution is 2.14. The molecule has 0 bridgehead atoms. The van der Waals surface area contributed by atoms with Crippen LogP contribution >= 0.6 is 0 Å². The molecule has 0 aromatic carbocycles. The van der Waals surface area contributed by atoms with Crippen LogP contribution in [0.25, 0.3) is 0 Å². The Morgan fingerprint density at radius 3 is 2.88 bits per heavy atom. The number of hydrogen-bond acceptors (Lipinski definition) is 4. The third kappa shape index (κ3) is 3.03. The Bertz CT molecular complexity index is 345. The van der Waals surface area contributed by atoms with Crippen LogP contribution in [0, 0.1) is 5.92 Å². The Kier molecular flexibility index (Phi) is 4.08. The molecule has 6 heteroatoms. The Morgan fingerprint density at radius 2 is 2.29 bits per heavy atom. The van der Waals surface area contributed by atoms with Gasteiger partial charge in [0.15, 0.2) is 0 Å². The van der Waals surface area contributed by atoms with E-state index >= 15 is 0 Å². The number of H-pyrrole nitrogens is 1. The minimum atomic E-state index is -0.0523. The summed E-state index contributed by atoms with van der Waals surface area (Å²) in [5, 5.41) is 9.67. The van der Waals surface area contributed by atoms with Gasteiger partial charge in [0.1, 0.15) is 6.33 Å². The summed E-state index contributed by atoms with van der Waals surface area (Å²) in [5.41, 5.74) is 0. The SMILES string of the molecule is CCN(CC1CCNCC1)C(=O)c1ncn[nH]1. The van der Waals surface area contributed by atoms with E-state index in [1.165, 1.54) is 6.33 Å². The summed E-state index contributed by atoms with van der Waals surface area (Å²) in [6.07, 6.45) is 3.64. The van der Waals surface area contributed by atoms with E-state index < -0.39 is 0 Å². The first-order chi connectivity index (χ1) is 8.31. The first kappa shape index (κ1) is 12.0. The highest BCUT2D eigenvalue weighted by Gasteiger charge is 2.21. The molecule has 0 atom stereocenters. The van der Waals surface area contributed by atoms with Crippen LogP contribution in [0.5, 0.6) is 0 Å². The molecule has 0 unspecified atom stereocenters. The van der Waals surface area contributed by atoms with Gasteiger partial charge in [0.05, 0.1) is 0 Å². The second-order valence-corrected chi connectivity index (χ2v) is 4.37. The van der Waals surface area contributed by atoms with Crippen molar-refractivity contribution in [2.24, 2.45) is 5.92 Å². The monoisotopic (exact) mass is 237 g/mol. The number of aromatic amines is 1. The van der Waals surface area contributed by atoms with Gasteiger partial charge in [-0.05, 0) is 38.8 Å². The zero-order chi connectivity index (χ0) is 12.1. The van der Waals surface area contributed by atoms with Gasteiger partial charge in [-0.2, -0.15) is 5.10 Å². The standard InChI is InChI=1S/C11H19N5O/c1-2-16(7-9-3-5-12-6-4-9)11(17)10-13-8-14-15-10/h8-9,12H,2-7H2,1H3,(H,13,14,15). The number of amides is 1. The third-order valence-electron chi connectivity index (χ3n) is 3.22. The van der Waals surface area contributed by atoms with Gasteiger partial charge in [-0.15, -0.1) is 0 Å². The van der Waals surface area contributed by atoms with Gasteiger partial charge in [0.25, 0.3) is 5.91 Å². The predicted octanol–water partition coefficient (Wildman–Crippen LogP) is 0.266. The van der Waals surface area contributed by atoms with E-state index in [1.807, 2.05) is 11.8 Å². The largest absolute Gasteiger partial charge is 0.336 e. The predicted molar refractivity (Wildman–Crippen MR) is 63.6 cm³/mol. The number of rotatable bonds is 4. The average molecular weight is 237 g/mol. The smallest absolute Gasteiger partial charge is 0.291 e. The molecule has 17 heavy (non-hydrogen) atoms. The lowest BCUT2D eigenvalue weighted by atomic mass is 9.97. The number of carbonyl (C=O) groups is 1. The van der Waals surface area contributed by atoms with Crippen LogP contribution in [-0.4, -0.2) is 52.2 Å². The molecule has 1 aromatic heterocycles. The van der Waals surface area contributed by atoms with Crippen LogP contribution < -0.4 is 5.32 Å². The van der Waals surface area contributed by atoms with E-state index in [0.717, 1.165) is 32.5 Å². The lowest BCUT2D eigenvalue weighted by Gasteiger charge is -2.28. The summed E-state index contributed by atoms with van der Waals surface area (Å²) in [6, 6.07) is 0. The van der Waals surface area contributed by atoms with Crippen molar-refractivity contribution >= 4 is 5.91 Å². The summed E-state index contributed by atoms with van der Waals surface area (Å²) in [7, 11) is 0. The lowest BCUT2D eigenvalue weighted by molar-refractivity contribution is 0.0715. The number of nitrogens with one attached hydrogen (secondary N) is 2. The highest BCUT2D eigenvalue weighted by atomic mass is 16.2. The van der Waals surface area contributed by atoms with Crippen LogP contribution in [-0.2, 0) is 0 Å².